The highest BCUT2D eigenvalue weighted by Crippen LogP contribution is 2.32. The molecule has 0 fully saturated rings. The summed E-state index contributed by atoms with van der Waals surface area (Å²) in [7, 11) is 0. The quantitative estimate of drug-likeness (QED) is 0.826. The van der Waals surface area contributed by atoms with Crippen molar-refractivity contribution in [3.05, 3.63) is 34.9 Å². The third-order valence-electron chi connectivity index (χ3n) is 3.44. The molecule has 0 aliphatic carbocycles. The van der Waals surface area contributed by atoms with Crippen molar-refractivity contribution in [2.45, 2.75) is 38.6 Å². The molecule has 1 N–H and O–H groups in total. The van der Waals surface area contributed by atoms with Gasteiger partial charge >= 0.3 is 0 Å². The van der Waals surface area contributed by atoms with Gasteiger partial charge in [0.1, 0.15) is 6.04 Å². The molecule has 0 radical (unpaired) electrons. The van der Waals surface area contributed by atoms with E-state index in [1.807, 2.05) is 31.2 Å². The number of hydrogen-bond donors (Lipinski definition) is 1. The molecule has 3 nitrogen and oxygen atoms in total. The summed E-state index contributed by atoms with van der Waals surface area (Å²) in [5, 5.41) is 3.65. The summed E-state index contributed by atoms with van der Waals surface area (Å²) in [5.74, 6) is 0.123. The molecule has 19 heavy (non-hydrogen) atoms. The summed E-state index contributed by atoms with van der Waals surface area (Å²) in [5.41, 5.74) is 2.12. The molecule has 1 aromatic rings. The van der Waals surface area contributed by atoms with Crippen LogP contribution in [-0.2, 0) is 4.79 Å². The average Bonchev–Trinajstić information content (AvgIpc) is 2.38. The fraction of sp³-hybridized carbons (Fsp3) is 0.467. The molecule has 2 rings (SSSR count). The van der Waals surface area contributed by atoms with E-state index in [9.17, 15) is 4.79 Å². The Morgan fingerprint density at radius 1 is 1.37 bits per heavy atom. The Hall–Kier alpha value is -1.35. The van der Waals surface area contributed by atoms with Crippen molar-refractivity contribution < 1.29 is 4.79 Å². The van der Waals surface area contributed by atoms with Gasteiger partial charge in [0.15, 0.2) is 0 Å². The maximum absolute atomic E-state index is 12.1. The van der Waals surface area contributed by atoms with Gasteiger partial charge in [-0.2, -0.15) is 0 Å². The van der Waals surface area contributed by atoms with Gasteiger partial charge in [-0.1, -0.05) is 37.1 Å². The molecule has 1 aliphatic rings. The van der Waals surface area contributed by atoms with Gasteiger partial charge in [0.2, 0.25) is 5.91 Å². The molecule has 1 aromatic carbocycles. The predicted molar refractivity (Wildman–Crippen MR) is 79.0 cm³/mol. The molecule has 0 bridgehead atoms. The van der Waals surface area contributed by atoms with Gasteiger partial charge in [0.25, 0.3) is 0 Å². The van der Waals surface area contributed by atoms with E-state index < -0.39 is 0 Å². The van der Waals surface area contributed by atoms with Crippen molar-refractivity contribution in [2.75, 3.05) is 6.54 Å². The number of nitrogens with zero attached hydrogens (tertiary/aromatic N) is 1. The molecule has 2 atom stereocenters. The monoisotopic (exact) mass is 278 g/mol. The standard InChI is InChI=1S/C15H19ClN2O/c1-3-4-9-17-15(19)14-13(10(2)18-14)11-5-7-12(16)8-6-11/h5-8,13-14H,3-4,9H2,1-2H3,(H,17,19)/t13-,14+/m1/s1. The van der Waals surface area contributed by atoms with Crippen molar-refractivity contribution >= 4 is 23.2 Å². The first kappa shape index (κ1) is 14.1. The molecule has 1 heterocycles. The average molecular weight is 279 g/mol. The Morgan fingerprint density at radius 2 is 2.05 bits per heavy atom. The lowest BCUT2D eigenvalue weighted by Crippen LogP contribution is -2.46. The lowest BCUT2D eigenvalue weighted by molar-refractivity contribution is -0.122. The molecular weight excluding hydrogens is 260 g/mol. The summed E-state index contributed by atoms with van der Waals surface area (Å²) < 4.78 is 0. The molecule has 1 aliphatic heterocycles. The number of amides is 1. The molecule has 0 saturated heterocycles. The Balaban J connectivity index is 2.03. The van der Waals surface area contributed by atoms with Crippen LogP contribution >= 0.6 is 11.6 Å². The number of hydrogen-bond acceptors (Lipinski definition) is 2. The third-order valence-corrected chi connectivity index (χ3v) is 3.69. The summed E-state index contributed by atoms with van der Waals surface area (Å²) in [6, 6.07) is 7.37. The van der Waals surface area contributed by atoms with E-state index in [1.54, 1.807) is 0 Å². The highest BCUT2D eigenvalue weighted by molar-refractivity contribution is 6.30. The lowest BCUT2D eigenvalue weighted by atomic mass is 9.82. The van der Waals surface area contributed by atoms with Crippen LogP contribution in [0.1, 0.15) is 38.2 Å². The second-order valence-electron chi connectivity index (χ2n) is 4.89. The van der Waals surface area contributed by atoms with E-state index in [4.69, 9.17) is 11.6 Å². The molecule has 0 saturated carbocycles. The van der Waals surface area contributed by atoms with Crippen LogP contribution in [0.3, 0.4) is 0 Å². The van der Waals surface area contributed by atoms with Crippen molar-refractivity contribution in [3.63, 3.8) is 0 Å². The Kier molecular flexibility index (Phi) is 4.59. The highest BCUT2D eigenvalue weighted by atomic mass is 35.5. The van der Waals surface area contributed by atoms with Gasteiger partial charge in [-0.25, -0.2) is 0 Å². The number of carbonyl (C=O) groups excluding carboxylic acids is 1. The van der Waals surface area contributed by atoms with Crippen LogP contribution in [0.5, 0.6) is 0 Å². The number of benzene rings is 1. The minimum atomic E-state index is -0.280. The topological polar surface area (TPSA) is 41.5 Å². The second kappa shape index (κ2) is 6.20. The first-order chi connectivity index (χ1) is 9.13. The van der Waals surface area contributed by atoms with Crippen LogP contribution in [0.25, 0.3) is 0 Å². The molecule has 0 unspecified atom stereocenters. The van der Waals surface area contributed by atoms with Crippen LogP contribution < -0.4 is 5.32 Å². The van der Waals surface area contributed by atoms with Crippen molar-refractivity contribution in [1.29, 1.82) is 0 Å². The number of nitrogens with one attached hydrogen (secondary N) is 1. The summed E-state index contributed by atoms with van der Waals surface area (Å²) in [6.07, 6.45) is 2.08. The van der Waals surface area contributed by atoms with E-state index in [0.29, 0.717) is 5.02 Å². The zero-order chi connectivity index (χ0) is 13.8. The lowest BCUT2D eigenvalue weighted by Gasteiger charge is -2.32. The summed E-state index contributed by atoms with van der Waals surface area (Å²) in [4.78, 5) is 16.4. The van der Waals surface area contributed by atoms with Crippen LogP contribution in [-0.4, -0.2) is 24.2 Å². The third kappa shape index (κ3) is 3.16. The van der Waals surface area contributed by atoms with Crippen LogP contribution in [0.15, 0.2) is 29.3 Å². The Labute approximate surface area is 119 Å². The fourth-order valence-electron chi connectivity index (χ4n) is 2.32. The fourth-order valence-corrected chi connectivity index (χ4v) is 2.44. The summed E-state index contributed by atoms with van der Waals surface area (Å²) >= 11 is 5.89. The van der Waals surface area contributed by atoms with Gasteiger partial charge in [-0.05, 0) is 31.0 Å². The molecule has 1 amide bonds. The second-order valence-corrected chi connectivity index (χ2v) is 5.33. The summed E-state index contributed by atoms with van der Waals surface area (Å²) in [6.45, 7) is 4.80. The molecule has 0 spiro atoms. The first-order valence-electron chi connectivity index (χ1n) is 6.71. The van der Waals surface area contributed by atoms with E-state index in [1.165, 1.54) is 0 Å². The van der Waals surface area contributed by atoms with Gasteiger partial charge in [-0.15, -0.1) is 0 Å². The number of unbranched alkanes of at least 4 members (excludes halogenated alkanes) is 1. The van der Waals surface area contributed by atoms with Gasteiger partial charge < -0.3 is 5.32 Å². The maximum Gasteiger partial charge on any atom is 0.245 e. The molecular formula is C15H19ClN2O. The molecule has 102 valence electrons. The molecule has 0 aromatic heterocycles. The van der Waals surface area contributed by atoms with Crippen molar-refractivity contribution in [3.8, 4) is 0 Å². The largest absolute Gasteiger partial charge is 0.354 e. The van der Waals surface area contributed by atoms with E-state index in [-0.39, 0.29) is 17.9 Å². The SMILES string of the molecule is CCCCNC(=O)[C@H]1N=C(C)[C@@H]1c1ccc(Cl)cc1. The van der Waals surface area contributed by atoms with E-state index in [2.05, 4.69) is 17.2 Å². The number of aliphatic imine (C=N–C) groups is 1. The first-order valence-corrected chi connectivity index (χ1v) is 7.08. The van der Waals surface area contributed by atoms with Crippen LogP contribution in [0, 0.1) is 0 Å². The zero-order valence-electron chi connectivity index (χ0n) is 11.3. The zero-order valence-corrected chi connectivity index (χ0v) is 12.1. The minimum Gasteiger partial charge on any atom is -0.354 e. The normalized spacial score (nSPS) is 21.5. The number of carbonyl (C=O) groups is 1. The number of halogens is 1. The van der Waals surface area contributed by atoms with Crippen LogP contribution in [0.2, 0.25) is 5.02 Å². The smallest absolute Gasteiger partial charge is 0.245 e. The van der Waals surface area contributed by atoms with Gasteiger partial charge in [-0.3, -0.25) is 9.79 Å². The Morgan fingerprint density at radius 3 is 2.63 bits per heavy atom. The van der Waals surface area contributed by atoms with Gasteiger partial charge in [0.05, 0.1) is 5.92 Å². The Bertz CT molecular complexity index is 481. The van der Waals surface area contributed by atoms with Crippen molar-refractivity contribution in [1.82, 2.24) is 5.32 Å². The number of rotatable bonds is 5. The van der Waals surface area contributed by atoms with Crippen LogP contribution in [0.4, 0.5) is 0 Å². The highest BCUT2D eigenvalue weighted by Gasteiger charge is 2.38. The molecule has 4 heteroatoms. The minimum absolute atomic E-state index is 0.0269. The van der Waals surface area contributed by atoms with E-state index in [0.717, 1.165) is 30.7 Å². The maximum atomic E-state index is 12.1. The predicted octanol–water partition coefficient (Wildman–Crippen LogP) is 3.18. The van der Waals surface area contributed by atoms with E-state index >= 15 is 0 Å². The van der Waals surface area contributed by atoms with Gasteiger partial charge in [0, 0.05) is 17.3 Å². The van der Waals surface area contributed by atoms with Crippen molar-refractivity contribution in [2.24, 2.45) is 4.99 Å².